The molecule has 0 bridgehead atoms. The van der Waals surface area contributed by atoms with Crippen LogP contribution in [0.2, 0.25) is 5.15 Å². The first-order valence-corrected chi connectivity index (χ1v) is 6.52. The van der Waals surface area contributed by atoms with Crippen LogP contribution in [0.3, 0.4) is 0 Å². The molecule has 0 unspecified atom stereocenters. The third kappa shape index (κ3) is 2.03. The number of hydrogen-bond donors (Lipinski definition) is 0. The Kier molecular flexibility index (Phi) is 3.44. The van der Waals surface area contributed by atoms with E-state index in [1.54, 1.807) is 10.6 Å². The first-order chi connectivity index (χ1) is 8.43. The summed E-state index contributed by atoms with van der Waals surface area (Å²) in [5, 5.41) is 0.322. The van der Waals surface area contributed by atoms with E-state index >= 15 is 0 Å². The highest BCUT2D eigenvalue weighted by molar-refractivity contribution is 6.30. The zero-order valence-corrected chi connectivity index (χ0v) is 11.8. The van der Waals surface area contributed by atoms with Crippen LogP contribution in [0, 0.1) is 0 Å². The van der Waals surface area contributed by atoms with Gasteiger partial charge in [0, 0.05) is 6.20 Å². The van der Waals surface area contributed by atoms with Gasteiger partial charge in [0.1, 0.15) is 10.8 Å². The second-order valence-corrected chi connectivity index (χ2v) is 5.45. The van der Waals surface area contributed by atoms with Crippen molar-refractivity contribution in [2.45, 2.75) is 39.5 Å². The van der Waals surface area contributed by atoms with Crippen LogP contribution in [0.4, 0.5) is 0 Å². The van der Waals surface area contributed by atoms with Crippen LogP contribution in [0.5, 0.6) is 0 Å². The normalized spacial score (nSPS) is 11.7. The lowest BCUT2D eigenvalue weighted by Crippen LogP contribution is -2.22. The highest BCUT2D eigenvalue weighted by Crippen LogP contribution is 2.23. The van der Waals surface area contributed by atoms with Crippen molar-refractivity contribution in [1.82, 2.24) is 9.38 Å². The Morgan fingerprint density at radius 1 is 1.22 bits per heavy atom. The third-order valence-electron chi connectivity index (χ3n) is 3.07. The van der Waals surface area contributed by atoms with Crippen LogP contribution in [0.1, 0.15) is 50.7 Å². The zero-order chi connectivity index (χ0) is 13.4. The van der Waals surface area contributed by atoms with Gasteiger partial charge >= 0.3 is 0 Å². The van der Waals surface area contributed by atoms with E-state index in [1.807, 2.05) is 26.0 Å². The van der Waals surface area contributed by atoms with Crippen LogP contribution >= 0.6 is 11.6 Å². The minimum atomic E-state index is -0.0671. The van der Waals surface area contributed by atoms with Gasteiger partial charge in [-0.25, -0.2) is 4.98 Å². The van der Waals surface area contributed by atoms with Gasteiger partial charge < -0.3 is 0 Å². The van der Waals surface area contributed by atoms with Gasteiger partial charge in [-0.2, -0.15) is 0 Å². The average Bonchev–Trinajstić information content (AvgIpc) is 2.27. The van der Waals surface area contributed by atoms with Crippen LogP contribution in [-0.2, 0) is 0 Å². The van der Waals surface area contributed by atoms with Crippen molar-refractivity contribution >= 4 is 17.2 Å². The van der Waals surface area contributed by atoms with Crippen molar-refractivity contribution < 1.29 is 0 Å². The first kappa shape index (κ1) is 13.1. The number of nitrogens with zero attached hydrogens (tertiary/aromatic N) is 2. The molecule has 2 rings (SSSR count). The molecule has 2 aromatic rings. The van der Waals surface area contributed by atoms with Gasteiger partial charge in [-0.05, 0) is 23.5 Å². The molecule has 0 spiro atoms. The maximum atomic E-state index is 12.4. The molecule has 0 atom stereocenters. The zero-order valence-electron chi connectivity index (χ0n) is 11.1. The summed E-state index contributed by atoms with van der Waals surface area (Å²) in [6, 6.07) is 3.86. The van der Waals surface area contributed by atoms with E-state index in [-0.39, 0.29) is 11.5 Å². The number of hydrogen-bond acceptors (Lipinski definition) is 2. The number of aromatic nitrogens is 2. The lowest BCUT2D eigenvalue weighted by molar-refractivity contribution is 0.809. The second kappa shape index (κ2) is 4.73. The molecule has 0 saturated carbocycles. The molecule has 4 heteroatoms. The molecule has 2 heterocycles. The number of pyridine rings is 1. The van der Waals surface area contributed by atoms with Gasteiger partial charge in [0.05, 0.1) is 5.56 Å². The summed E-state index contributed by atoms with van der Waals surface area (Å²) >= 11 is 6.16. The molecule has 0 saturated heterocycles. The highest BCUT2D eigenvalue weighted by atomic mass is 35.5. The fourth-order valence-corrected chi connectivity index (χ4v) is 2.49. The Labute approximate surface area is 111 Å². The van der Waals surface area contributed by atoms with E-state index in [0.29, 0.717) is 22.3 Å². The molecule has 0 aliphatic rings. The van der Waals surface area contributed by atoms with Crippen molar-refractivity contribution in [3.05, 3.63) is 45.0 Å². The molecule has 0 N–H and O–H groups in total. The molecule has 96 valence electrons. The lowest BCUT2D eigenvalue weighted by atomic mass is 10.0. The fourth-order valence-electron chi connectivity index (χ4n) is 2.11. The smallest absolute Gasteiger partial charge is 0.262 e. The van der Waals surface area contributed by atoms with E-state index in [0.717, 1.165) is 5.56 Å². The molecular formula is C14H17ClN2O. The summed E-state index contributed by atoms with van der Waals surface area (Å²) in [5.74, 6) is 0.367. The molecule has 0 radical (unpaired) electrons. The first-order valence-electron chi connectivity index (χ1n) is 6.14. The molecule has 0 aromatic carbocycles. The Hall–Kier alpha value is -1.35. The minimum Gasteiger partial charge on any atom is -0.269 e. The van der Waals surface area contributed by atoms with Crippen LogP contribution in [0.15, 0.2) is 23.1 Å². The Morgan fingerprint density at radius 3 is 2.44 bits per heavy atom. The summed E-state index contributed by atoms with van der Waals surface area (Å²) in [5.41, 5.74) is 2.20. The monoisotopic (exact) mass is 264 g/mol. The van der Waals surface area contributed by atoms with E-state index in [2.05, 4.69) is 18.8 Å². The van der Waals surface area contributed by atoms with Gasteiger partial charge in [0.25, 0.3) is 5.56 Å². The van der Waals surface area contributed by atoms with Gasteiger partial charge in [-0.3, -0.25) is 9.20 Å². The number of halogens is 1. The van der Waals surface area contributed by atoms with E-state index in [1.165, 1.54) is 0 Å². The molecule has 0 fully saturated rings. The van der Waals surface area contributed by atoms with Gasteiger partial charge in [0.2, 0.25) is 0 Å². The van der Waals surface area contributed by atoms with Gasteiger partial charge in [0.15, 0.2) is 0 Å². The highest BCUT2D eigenvalue weighted by Gasteiger charge is 2.16. The SMILES string of the molecule is CC(C)c1c(Cl)nc2c(C(C)C)cccn2c1=O. The average molecular weight is 265 g/mol. The molecule has 0 aliphatic heterocycles. The Balaban J connectivity index is 2.90. The number of fused-ring (bicyclic) bond motifs is 1. The quantitative estimate of drug-likeness (QED) is 0.777. The molecule has 3 nitrogen and oxygen atoms in total. The van der Waals surface area contributed by atoms with Crippen LogP contribution in [-0.4, -0.2) is 9.38 Å². The fraction of sp³-hybridized carbons (Fsp3) is 0.429. The van der Waals surface area contributed by atoms with Crippen LogP contribution < -0.4 is 5.56 Å². The lowest BCUT2D eigenvalue weighted by Gasteiger charge is -2.13. The van der Waals surface area contributed by atoms with E-state index in [9.17, 15) is 4.79 Å². The maximum Gasteiger partial charge on any atom is 0.262 e. The molecule has 18 heavy (non-hydrogen) atoms. The van der Waals surface area contributed by atoms with Gasteiger partial charge in [-0.1, -0.05) is 45.4 Å². The topological polar surface area (TPSA) is 34.4 Å². The predicted molar refractivity (Wildman–Crippen MR) is 74.7 cm³/mol. The maximum absolute atomic E-state index is 12.4. The standard InChI is InChI=1S/C14H17ClN2O/c1-8(2)10-6-5-7-17-13(10)16-12(15)11(9(3)4)14(17)18/h5-9H,1-4H3. The van der Waals surface area contributed by atoms with Crippen LogP contribution in [0.25, 0.3) is 5.65 Å². The summed E-state index contributed by atoms with van der Waals surface area (Å²) in [6.45, 7) is 8.05. The summed E-state index contributed by atoms with van der Waals surface area (Å²) in [7, 11) is 0. The van der Waals surface area contributed by atoms with E-state index < -0.39 is 0 Å². The molecule has 0 aliphatic carbocycles. The summed E-state index contributed by atoms with van der Waals surface area (Å²) in [6.07, 6.45) is 1.75. The van der Waals surface area contributed by atoms with Crippen molar-refractivity contribution in [3.63, 3.8) is 0 Å². The van der Waals surface area contributed by atoms with Crippen molar-refractivity contribution in [2.75, 3.05) is 0 Å². The molecule has 0 amide bonds. The Bertz CT molecular complexity index is 644. The largest absolute Gasteiger partial charge is 0.269 e. The van der Waals surface area contributed by atoms with Gasteiger partial charge in [-0.15, -0.1) is 0 Å². The second-order valence-electron chi connectivity index (χ2n) is 5.09. The minimum absolute atomic E-state index is 0.0668. The number of rotatable bonds is 2. The van der Waals surface area contributed by atoms with E-state index in [4.69, 9.17) is 11.6 Å². The third-order valence-corrected chi connectivity index (χ3v) is 3.36. The van der Waals surface area contributed by atoms with Crippen molar-refractivity contribution in [2.24, 2.45) is 0 Å². The molecule has 2 aromatic heterocycles. The van der Waals surface area contributed by atoms with Crippen molar-refractivity contribution in [1.29, 1.82) is 0 Å². The molecular weight excluding hydrogens is 248 g/mol. The Morgan fingerprint density at radius 2 is 1.89 bits per heavy atom. The predicted octanol–water partition coefficient (Wildman–Crippen LogP) is 3.59. The summed E-state index contributed by atoms with van der Waals surface area (Å²) < 4.78 is 1.59. The van der Waals surface area contributed by atoms with Crippen molar-refractivity contribution in [3.8, 4) is 0 Å². The summed E-state index contributed by atoms with van der Waals surface area (Å²) in [4.78, 5) is 16.8.